The third-order valence-corrected chi connectivity index (χ3v) is 5.19. The van der Waals surface area contributed by atoms with E-state index < -0.39 is 0 Å². The second-order valence-electron chi connectivity index (χ2n) is 7.60. The Kier molecular flexibility index (Phi) is 5.69. The molecule has 2 N–H and O–H groups in total. The fourth-order valence-corrected chi connectivity index (χ4v) is 4.08. The van der Waals surface area contributed by atoms with E-state index in [1.54, 1.807) is 7.05 Å². The molecule has 4 heteroatoms. The molecule has 1 saturated heterocycles. The number of allylic oxidation sites excluding steroid dienone is 1. The van der Waals surface area contributed by atoms with Crippen LogP contribution >= 0.6 is 0 Å². The fraction of sp³-hybridized carbons (Fsp3) is 0.524. The van der Waals surface area contributed by atoms with Crippen LogP contribution in [0.5, 0.6) is 0 Å². The number of nitrogens with zero attached hydrogens (tertiary/aromatic N) is 1. The summed E-state index contributed by atoms with van der Waals surface area (Å²) in [5, 5.41) is 6.64. The van der Waals surface area contributed by atoms with E-state index in [4.69, 9.17) is 0 Å². The lowest BCUT2D eigenvalue weighted by Crippen LogP contribution is -2.51. The highest BCUT2D eigenvalue weighted by atomic mass is 16.2. The summed E-state index contributed by atoms with van der Waals surface area (Å²) < 4.78 is 0. The van der Waals surface area contributed by atoms with Crippen molar-refractivity contribution in [1.29, 1.82) is 0 Å². The van der Waals surface area contributed by atoms with E-state index in [9.17, 15) is 4.79 Å². The SMILES string of the molecule is CN=C[C@H](Cc1ccc(C=C(C)C)cc1)NC(=O)[C@H]1N[C@@H]2CC[C@H]1C2. The quantitative estimate of drug-likeness (QED) is 0.783. The summed E-state index contributed by atoms with van der Waals surface area (Å²) in [6, 6.07) is 8.98. The van der Waals surface area contributed by atoms with Crippen molar-refractivity contribution >= 4 is 18.2 Å². The van der Waals surface area contributed by atoms with Crippen LogP contribution in [-0.2, 0) is 11.2 Å². The molecule has 2 fully saturated rings. The average Bonchev–Trinajstić information content (AvgIpc) is 3.19. The fourth-order valence-electron chi connectivity index (χ4n) is 4.08. The standard InChI is InChI=1S/C21H29N3O/c1-14(2)10-15-4-6-16(7-5-15)11-19(13-22-3)24-21(25)20-17-8-9-18(12-17)23-20/h4-7,10,13,17-20,23H,8-9,11-12H2,1-3H3,(H,24,25)/t17-,18+,19-,20-/m0/s1. The number of benzene rings is 1. The summed E-state index contributed by atoms with van der Waals surface area (Å²) >= 11 is 0. The third kappa shape index (κ3) is 4.57. The van der Waals surface area contributed by atoms with Crippen LogP contribution < -0.4 is 10.6 Å². The summed E-state index contributed by atoms with van der Waals surface area (Å²) in [5.41, 5.74) is 3.70. The number of carbonyl (C=O) groups excluding carboxylic acids is 1. The molecule has 1 aromatic rings. The number of nitrogens with one attached hydrogen (secondary N) is 2. The Morgan fingerprint density at radius 3 is 2.64 bits per heavy atom. The van der Waals surface area contributed by atoms with Crippen molar-refractivity contribution in [2.75, 3.05) is 7.05 Å². The lowest BCUT2D eigenvalue weighted by atomic mass is 9.98. The van der Waals surface area contributed by atoms with Crippen LogP contribution in [0.25, 0.3) is 6.08 Å². The van der Waals surface area contributed by atoms with E-state index in [0.717, 1.165) is 12.8 Å². The van der Waals surface area contributed by atoms with Crippen molar-refractivity contribution in [3.8, 4) is 0 Å². The number of piperidine rings is 1. The average molecular weight is 339 g/mol. The van der Waals surface area contributed by atoms with Crippen LogP contribution in [0.3, 0.4) is 0 Å². The number of rotatable bonds is 6. The summed E-state index contributed by atoms with van der Waals surface area (Å²) in [5.74, 6) is 0.630. The van der Waals surface area contributed by atoms with Crippen LogP contribution in [0, 0.1) is 5.92 Å². The summed E-state index contributed by atoms with van der Waals surface area (Å²) in [6.07, 6.45) is 8.31. The molecule has 0 unspecified atom stereocenters. The molecule has 2 bridgehead atoms. The number of carbonyl (C=O) groups is 1. The lowest BCUT2D eigenvalue weighted by Gasteiger charge is -2.24. The molecule has 25 heavy (non-hydrogen) atoms. The van der Waals surface area contributed by atoms with Gasteiger partial charge in [0.05, 0.1) is 12.1 Å². The number of hydrogen-bond acceptors (Lipinski definition) is 3. The van der Waals surface area contributed by atoms with E-state index in [2.05, 4.69) is 59.8 Å². The highest BCUT2D eigenvalue weighted by Crippen LogP contribution is 2.35. The van der Waals surface area contributed by atoms with Gasteiger partial charge in [0.2, 0.25) is 5.91 Å². The van der Waals surface area contributed by atoms with Crippen LogP contribution in [0.15, 0.2) is 34.8 Å². The second kappa shape index (κ2) is 7.96. The van der Waals surface area contributed by atoms with E-state index in [1.807, 2.05) is 6.21 Å². The highest BCUT2D eigenvalue weighted by molar-refractivity contribution is 5.86. The first-order valence-electron chi connectivity index (χ1n) is 9.27. The van der Waals surface area contributed by atoms with Gasteiger partial charge >= 0.3 is 0 Å². The maximum atomic E-state index is 12.6. The zero-order chi connectivity index (χ0) is 17.8. The maximum absolute atomic E-state index is 12.6. The largest absolute Gasteiger partial charge is 0.347 e. The van der Waals surface area contributed by atoms with Crippen molar-refractivity contribution in [1.82, 2.24) is 10.6 Å². The first-order chi connectivity index (χ1) is 12.0. The molecule has 1 aliphatic heterocycles. The van der Waals surface area contributed by atoms with Crippen molar-refractivity contribution in [3.05, 3.63) is 41.0 Å². The molecule has 134 valence electrons. The van der Waals surface area contributed by atoms with Gasteiger partial charge in [-0.15, -0.1) is 0 Å². The third-order valence-electron chi connectivity index (χ3n) is 5.19. The zero-order valence-corrected chi connectivity index (χ0v) is 15.5. The van der Waals surface area contributed by atoms with Crippen LogP contribution in [0.1, 0.15) is 44.2 Å². The Morgan fingerprint density at radius 2 is 2.08 bits per heavy atom. The van der Waals surface area contributed by atoms with Gasteiger partial charge in [0.1, 0.15) is 0 Å². The molecule has 1 aliphatic carbocycles. The predicted octanol–water partition coefficient (Wildman–Crippen LogP) is 2.98. The molecule has 0 spiro atoms. The number of hydrogen-bond donors (Lipinski definition) is 2. The molecule has 4 nitrogen and oxygen atoms in total. The van der Waals surface area contributed by atoms with E-state index >= 15 is 0 Å². The van der Waals surface area contributed by atoms with Crippen molar-refractivity contribution in [2.24, 2.45) is 10.9 Å². The molecule has 0 aromatic heterocycles. The predicted molar refractivity (Wildman–Crippen MR) is 104 cm³/mol. The van der Waals surface area contributed by atoms with Gasteiger partial charge in [-0.1, -0.05) is 35.9 Å². The summed E-state index contributed by atoms with van der Waals surface area (Å²) in [6.45, 7) is 4.20. The van der Waals surface area contributed by atoms with Gasteiger partial charge in [-0.25, -0.2) is 0 Å². The molecule has 1 saturated carbocycles. The Morgan fingerprint density at radius 1 is 1.32 bits per heavy atom. The molecule has 0 radical (unpaired) electrons. The van der Waals surface area contributed by atoms with Crippen molar-refractivity contribution < 1.29 is 4.79 Å². The molecule has 1 amide bonds. The van der Waals surface area contributed by atoms with Gasteiger partial charge in [0.25, 0.3) is 0 Å². The first kappa shape index (κ1) is 17.9. The molecule has 1 heterocycles. The smallest absolute Gasteiger partial charge is 0.237 e. The summed E-state index contributed by atoms with van der Waals surface area (Å²) in [4.78, 5) is 16.8. The minimum atomic E-state index is -0.0623. The minimum Gasteiger partial charge on any atom is -0.347 e. The van der Waals surface area contributed by atoms with E-state index in [1.165, 1.54) is 29.5 Å². The van der Waals surface area contributed by atoms with Crippen molar-refractivity contribution in [2.45, 2.75) is 57.7 Å². The monoisotopic (exact) mass is 339 g/mol. The number of fused-ring (bicyclic) bond motifs is 2. The molecular formula is C21H29N3O. The molecular weight excluding hydrogens is 310 g/mol. The Labute approximate surface area is 150 Å². The van der Waals surface area contributed by atoms with Gasteiger partial charge in [0.15, 0.2) is 0 Å². The van der Waals surface area contributed by atoms with Gasteiger partial charge in [-0.05, 0) is 56.6 Å². The molecule has 4 atom stereocenters. The zero-order valence-electron chi connectivity index (χ0n) is 15.5. The first-order valence-corrected chi connectivity index (χ1v) is 9.27. The molecule has 3 rings (SSSR count). The van der Waals surface area contributed by atoms with E-state index in [0.29, 0.717) is 12.0 Å². The van der Waals surface area contributed by atoms with Crippen LogP contribution in [0.4, 0.5) is 0 Å². The Bertz CT molecular complexity index is 658. The minimum absolute atomic E-state index is 0.0217. The van der Waals surface area contributed by atoms with E-state index in [-0.39, 0.29) is 18.0 Å². The Hall–Kier alpha value is -1.94. The maximum Gasteiger partial charge on any atom is 0.237 e. The molecule has 2 aliphatic rings. The highest BCUT2D eigenvalue weighted by Gasteiger charge is 2.42. The van der Waals surface area contributed by atoms with Crippen LogP contribution in [0.2, 0.25) is 0 Å². The van der Waals surface area contributed by atoms with Gasteiger partial charge in [-0.2, -0.15) is 0 Å². The van der Waals surface area contributed by atoms with Gasteiger partial charge < -0.3 is 10.6 Å². The van der Waals surface area contributed by atoms with Gasteiger partial charge in [0, 0.05) is 19.3 Å². The lowest BCUT2D eigenvalue weighted by molar-refractivity contribution is -0.124. The topological polar surface area (TPSA) is 53.5 Å². The number of amides is 1. The Balaban J connectivity index is 1.61. The van der Waals surface area contributed by atoms with Crippen LogP contribution in [-0.4, -0.2) is 37.3 Å². The normalized spacial score (nSPS) is 26.0. The number of aliphatic imine (C=N–C) groups is 1. The summed E-state index contributed by atoms with van der Waals surface area (Å²) in [7, 11) is 1.76. The second-order valence-corrected chi connectivity index (χ2v) is 7.60. The van der Waals surface area contributed by atoms with Crippen molar-refractivity contribution in [3.63, 3.8) is 0 Å². The molecule has 1 aromatic carbocycles. The van der Waals surface area contributed by atoms with Gasteiger partial charge in [-0.3, -0.25) is 9.79 Å².